The fourth-order valence-corrected chi connectivity index (χ4v) is 1.59. The quantitative estimate of drug-likeness (QED) is 0.708. The maximum atomic E-state index is 11.7. The molecular formula is C10H20N2O. The van der Waals surface area contributed by atoms with Crippen LogP contribution < -0.4 is 5.73 Å². The fraction of sp³-hybridized carbons (Fsp3) is 0.900. The summed E-state index contributed by atoms with van der Waals surface area (Å²) in [5.74, 6) is 0.345. The molecule has 0 heterocycles. The Morgan fingerprint density at radius 2 is 2.23 bits per heavy atom. The second-order valence-electron chi connectivity index (χ2n) is 4.09. The summed E-state index contributed by atoms with van der Waals surface area (Å²) in [6.45, 7) is 4.23. The summed E-state index contributed by atoms with van der Waals surface area (Å²) in [5, 5.41) is 0. The first kappa shape index (κ1) is 10.5. The average molecular weight is 184 g/mol. The molecule has 13 heavy (non-hydrogen) atoms. The molecule has 0 aromatic carbocycles. The number of rotatable bonds is 4. The van der Waals surface area contributed by atoms with Gasteiger partial charge in [0.05, 0.1) is 5.92 Å². The summed E-state index contributed by atoms with van der Waals surface area (Å²) in [6, 6.07) is 0.481. The van der Waals surface area contributed by atoms with Crippen molar-refractivity contribution >= 4 is 5.91 Å². The zero-order valence-corrected chi connectivity index (χ0v) is 8.79. The summed E-state index contributed by atoms with van der Waals surface area (Å²) in [5.41, 5.74) is 5.63. The smallest absolute Gasteiger partial charge is 0.227 e. The van der Waals surface area contributed by atoms with Crippen molar-refractivity contribution in [2.24, 2.45) is 11.7 Å². The van der Waals surface area contributed by atoms with Crippen molar-refractivity contribution in [2.45, 2.75) is 45.2 Å². The molecule has 0 aliphatic heterocycles. The van der Waals surface area contributed by atoms with Crippen LogP contribution in [-0.4, -0.2) is 29.9 Å². The van der Waals surface area contributed by atoms with Gasteiger partial charge in [-0.05, 0) is 19.8 Å². The van der Waals surface area contributed by atoms with E-state index in [1.54, 1.807) is 0 Å². The van der Waals surface area contributed by atoms with Crippen molar-refractivity contribution in [1.82, 2.24) is 4.90 Å². The Morgan fingerprint density at radius 3 is 2.62 bits per heavy atom. The zero-order valence-electron chi connectivity index (χ0n) is 8.79. The molecule has 2 N–H and O–H groups in total. The summed E-state index contributed by atoms with van der Waals surface area (Å²) >= 11 is 0. The normalized spacial score (nSPS) is 28.3. The molecule has 3 heteroatoms. The van der Waals surface area contributed by atoms with Crippen molar-refractivity contribution in [2.75, 3.05) is 7.05 Å². The number of carbonyl (C=O) groups excluding carboxylic acids is 1. The van der Waals surface area contributed by atoms with Crippen molar-refractivity contribution < 1.29 is 4.79 Å². The van der Waals surface area contributed by atoms with Gasteiger partial charge in [-0.15, -0.1) is 0 Å². The van der Waals surface area contributed by atoms with Gasteiger partial charge in [0.25, 0.3) is 0 Å². The molecule has 3 nitrogen and oxygen atoms in total. The minimum atomic E-state index is 0.115. The third-order valence-corrected chi connectivity index (χ3v) is 2.87. The molecule has 3 unspecified atom stereocenters. The highest BCUT2D eigenvalue weighted by Crippen LogP contribution is 2.30. The van der Waals surface area contributed by atoms with E-state index in [1.165, 1.54) is 0 Å². The molecule has 0 bridgehead atoms. The van der Waals surface area contributed by atoms with Crippen molar-refractivity contribution in [3.05, 3.63) is 0 Å². The number of amides is 1. The van der Waals surface area contributed by atoms with Gasteiger partial charge in [0.2, 0.25) is 5.91 Å². The molecule has 3 atom stereocenters. The maximum Gasteiger partial charge on any atom is 0.227 e. The number of nitrogens with zero attached hydrogens (tertiary/aromatic N) is 1. The Morgan fingerprint density at radius 1 is 1.69 bits per heavy atom. The average Bonchev–Trinajstić information content (AvgIpc) is 2.80. The number of hydrogen-bond donors (Lipinski definition) is 1. The number of carbonyl (C=O) groups is 1. The second kappa shape index (κ2) is 4.09. The van der Waals surface area contributed by atoms with Crippen LogP contribution in [0.1, 0.15) is 33.1 Å². The van der Waals surface area contributed by atoms with Gasteiger partial charge >= 0.3 is 0 Å². The first-order valence-electron chi connectivity index (χ1n) is 5.10. The van der Waals surface area contributed by atoms with Crippen LogP contribution in [0.25, 0.3) is 0 Å². The predicted octanol–water partition coefficient (Wildman–Crippen LogP) is 0.981. The lowest BCUT2D eigenvalue weighted by atomic mass is 10.1. The second-order valence-corrected chi connectivity index (χ2v) is 4.09. The molecule has 1 rings (SSSR count). The molecule has 76 valence electrons. The van der Waals surface area contributed by atoms with Crippen LogP contribution in [0.5, 0.6) is 0 Å². The SMILES string of the molecule is CCCC(C)N(C)C(=O)C1CC1N. The highest BCUT2D eigenvalue weighted by atomic mass is 16.2. The molecular weight excluding hydrogens is 164 g/mol. The molecule has 1 fully saturated rings. The fourth-order valence-electron chi connectivity index (χ4n) is 1.59. The predicted molar refractivity (Wildman–Crippen MR) is 53.2 cm³/mol. The zero-order chi connectivity index (χ0) is 10.0. The lowest BCUT2D eigenvalue weighted by Crippen LogP contribution is -2.37. The lowest BCUT2D eigenvalue weighted by Gasteiger charge is -2.24. The third kappa shape index (κ3) is 2.44. The van der Waals surface area contributed by atoms with Gasteiger partial charge in [-0.25, -0.2) is 0 Å². The van der Waals surface area contributed by atoms with Gasteiger partial charge in [0.1, 0.15) is 0 Å². The van der Waals surface area contributed by atoms with E-state index in [9.17, 15) is 4.79 Å². The van der Waals surface area contributed by atoms with Crippen LogP contribution in [0, 0.1) is 5.92 Å². The van der Waals surface area contributed by atoms with E-state index in [2.05, 4.69) is 13.8 Å². The van der Waals surface area contributed by atoms with Crippen LogP contribution >= 0.6 is 0 Å². The van der Waals surface area contributed by atoms with E-state index in [-0.39, 0.29) is 17.9 Å². The largest absolute Gasteiger partial charge is 0.343 e. The van der Waals surface area contributed by atoms with Crippen molar-refractivity contribution in [1.29, 1.82) is 0 Å². The van der Waals surface area contributed by atoms with Gasteiger partial charge in [0, 0.05) is 19.1 Å². The molecule has 0 aromatic heterocycles. The van der Waals surface area contributed by atoms with Crippen LogP contribution in [0.4, 0.5) is 0 Å². The Bertz CT molecular complexity index is 193. The van der Waals surface area contributed by atoms with E-state index in [4.69, 9.17) is 5.73 Å². The van der Waals surface area contributed by atoms with E-state index < -0.39 is 0 Å². The monoisotopic (exact) mass is 184 g/mol. The molecule has 1 saturated carbocycles. The maximum absolute atomic E-state index is 11.7. The Labute approximate surface area is 80.3 Å². The molecule has 0 spiro atoms. The molecule has 0 aromatic rings. The minimum absolute atomic E-state index is 0.115. The summed E-state index contributed by atoms with van der Waals surface area (Å²) < 4.78 is 0. The number of hydrogen-bond acceptors (Lipinski definition) is 2. The summed E-state index contributed by atoms with van der Waals surface area (Å²) in [4.78, 5) is 13.5. The Kier molecular flexibility index (Phi) is 3.31. The highest BCUT2D eigenvalue weighted by Gasteiger charge is 2.42. The Hall–Kier alpha value is -0.570. The molecule has 0 saturated heterocycles. The van der Waals surface area contributed by atoms with E-state index in [0.29, 0.717) is 6.04 Å². The van der Waals surface area contributed by atoms with Crippen LogP contribution in [-0.2, 0) is 4.79 Å². The van der Waals surface area contributed by atoms with Crippen LogP contribution in [0.3, 0.4) is 0 Å². The molecule has 1 aliphatic carbocycles. The molecule has 1 amide bonds. The van der Waals surface area contributed by atoms with E-state index >= 15 is 0 Å². The summed E-state index contributed by atoms with van der Waals surface area (Å²) in [7, 11) is 1.88. The third-order valence-electron chi connectivity index (χ3n) is 2.87. The Balaban J connectivity index is 2.37. The highest BCUT2D eigenvalue weighted by molar-refractivity contribution is 5.82. The number of nitrogens with two attached hydrogens (primary N) is 1. The standard InChI is InChI=1S/C10H20N2O/c1-4-5-7(2)12(3)10(13)8-6-9(8)11/h7-9H,4-6,11H2,1-3H3. The van der Waals surface area contributed by atoms with Crippen LogP contribution in [0.15, 0.2) is 0 Å². The van der Waals surface area contributed by atoms with Gasteiger partial charge < -0.3 is 10.6 Å². The van der Waals surface area contributed by atoms with Gasteiger partial charge in [-0.1, -0.05) is 13.3 Å². The van der Waals surface area contributed by atoms with Crippen molar-refractivity contribution in [3.8, 4) is 0 Å². The van der Waals surface area contributed by atoms with Crippen LogP contribution in [0.2, 0.25) is 0 Å². The summed E-state index contributed by atoms with van der Waals surface area (Å²) in [6.07, 6.45) is 3.07. The van der Waals surface area contributed by atoms with Crippen molar-refractivity contribution in [3.63, 3.8) is 0 Å². The first-order valence-corrected chi connectivity index (χ1v) is 5.10. The minimum Gasteiger partial charge on any atom is -0.343 e. The van der Waals surface area contributed by atoms with Gasteiger partial charge in [-0.3, -0.25) is 4.79 Å². The van der Waals surface area contributed by atoms with Gasteiger partial charge in [0.15, 0.2) is 0 Å². The molecule has 1 aliphatic rings. The van der Waals surface area contributed by atoms with E-state index in [0.717, 1.165) is 19.3 Å². The first-order chi connectivity index (χ1) is 6.07. The van der Waals surface area contributed by atoms with Gasteiger partial charge in [-0.2, -0.15) is 0 Å². The lowest BCUT2D eigenvalue weighted by molar-refractivity contribution is -0.133. The molecule has 0 radical (unpaired) electrons. The van der Waals surface area contributed by atoms with E-state index in [1.807, 2.05) is 11.9 Å². The topological polar surface area (TPSA) is 46.3 Å².